The number of carbonyl (C=O) groups is 1. The summed E-state index contributed by atoms with van der Waals surface area (Å²) in [7, 11) is -4.03. The summed E-state index contributed by atoms with van der Waals surface area (Å²) in [5.74, 6) is -0.900. The fourth-order valence-electron chi connectivity index (χ4n) is 3.44. The molecule has 1 aliphatic rings. The van der Waals surface area contributed by atoms with Gasteiger partial charge in [0, 0.05) is 6.54 Å². The molecule has 7 heteroatoms. The van der Waals surface area contributed by atoms with Crippen molar-refractivity contribution in [3.63, 3.8) is 0 Å². The van der Waals surface area contributed by atoms with E-state index >= 15 is 0 Å². The topological polar surface area (TPSA) is 66.5 Å². The van der Waals surface area contributed by atoms with Crippen LogP contribution in [-0.4, -0.2) is 27.4 Å². The van der Waals surface area contributed by atoms with Crippen LogP contribution in [0.25, 0.3) is 0 Å². The summed E-state index contributed by atoms with van der Waals surface area (Å²) in [5, 5.41) is 2.83. The lowest BCUT2D eigenvalue weighted by molar-refractivity contribution is -0.119. The number of nitrogens with one attached hydrogen (secondary N) is 1. The molecule has 1 N–H and O–H groups in total. The van der Waals surface area contributed by atoms with Gasteiger partial charge in [-0.05, 0) is 75.4 Å². The number of hydrogen-bond donors (Lipinski definition) is 1. The number of halogens is 1. The van der Waals surface area contributed by atoms with Crippen molar-refractivity contribution in [2.24, 2.45) is 0 Å². The molecule has 0 heterocycles. The highest BCUT2D eigenvalue weighted by molar-refractivity contribution is 7.92. The average molecular weight is 431 g/mol. The summed E-state index contributed by atoms with van der Waals surface area (Å²) in [6.45, 7) is 2.03. The zero-order valence-electron chi connectivity index (χ0n) is 17.1. The first-order chi connectivity index (χ1) is 14.4. The van der Waals surface area contributed by atoms with Gasteiger partial charge in [0.1, 0.15) is 12.4 Å². The van der Waals surface area contributed by atoms with E-state index in [1.54, 1.807) is 24.3 Å². The second kappa shape index (κ2) is 9.89. The summed E-state index contributed by atoms with van der Waals surface area (Å²) in [4.78, 5) is 12.5. The first-order valence-electron chi connectivity index (χ1n) is 10.2. The van der Waals surface area contributed by atoms with Crippen LogP contribution < -0.4 is 9.62 Å². The van der Waals surface area contributed by atoms with E-state index in [2.05, 4.69) is 11.4 Å². The van der Waals surface area contributed by atoms with Crippen molar-refractivity contribution in [1.82, 2.24) is 5.32 Å². The maximum absolute atomic E-state index is 13.3. The summed E-state index contributed by atoms with van der Waals surface area (Å²) >= 11 is 0. The lowest BCUT2D eigenvalue weighted by Crippen LogP contribution is -2.41. The standard InChI is InChI=1S/C23H27FN2O3S/c1-18-7-11-21(12-8-18)26(30(28,29)22-13-9-20(24)10-14-22)17-23(27)25-16-15-19-5-3-2-4-6-19/h5,7-14H,2-4,6,15-17H2,1H3,(H,25,27). The number of aryl methyl sites for hydroxylation is 1. The van der Waals surface area contributed by atoms with Crippen molar-refractivity contribution >= 4 is 21.6 Å². The van der Waals surface area contributed by atoms with Gasteiger partial charge in [-0.2, -0.15) is 0 Å². The van der Waals surface area contributed by atoms with Gasteiger partial charge in [0.25, 0.3) is 10.0 Å². The van der Waals surface area contributed by atoms with Crippen LogP contribution in [0.15, 0.2) is 65.1 Å². The molecule has 1 amide bonds. The van der Waals surface area contributed by atoms with Crippen molar-refractivity contribution in [3.05, 3.63) is 71.6 Å². The summed E-state index contributed by atoms with van der Waals surface area (Å²) in [6.07, 6.45) is 7.54. The molecular formula is C23H27FN2O3S. The number of benzene rings is 2. The fraction of sp³-hybridized carbons (Fsp3) is 0.348. The molecule has 0 spiro atoms. The molecule has 0 fully saturated rings. The zero-order chi connectivity index (χ0) is 21.6. The summed E-state index contributed by atoms with van der Waals surface area (Å²) < 4.78 is 40.7. The number of carbonyl (C=O) groups excluding carboxylic acids is 1. The second-order valence-corrected chi connectivity index (χ2v) is 9.37. The van der Waals surface area contributed by atoms with Gasteiger partial charge in [-0.3, -0.25) is 9.10 Å². The van der Waals surface area contributed by atoms with Crippen LogP contribution in [0.5, 0.6) is 0 Å². The van der Waals surface area contributed by atoms with E-state index in [4.69, 9.17) is 0 Å². The molecule has 3 rings (SSSR count). The minimum Gasteiger partial charge on any atom is -0.354 e. The van der Waals surface area contributed by atoms with Crippen LogP contribution in [0.4, 0.5) is 10.1 Å². The molecule has 0 aromatic heterocycles. The van der Waals surface area contributed by atoms with E-state index in [-0.39, 0.29) is 17.3 Å². The maximum Gasteiger partial charge on any atom is 0.264 e. The van der Waals surface area contributed by atoms with E-state index in [0.29, 0.717) is 12.2 Å². The minimum atomic E-state index is -4.03. The van der Waals surface area contributed by atoms with Crippen LogP contribution in [-0.2, 0) is 14.8 Å². The predicted octanol–water partition coefficient (Wildman–Crippen LogP) is 4.34. The Bertz CT molecular complexity index is 1000. The van der Waals surface area contributed by atoms with Gasteiger partial charge < -0.3 is 5.32 Å². The predicted molar refractivity (Wildman–Crippen MR) is 116 cm³/mol. The molecule has 0 aliphatic heterocycles. The number of nitrogens with zero attached hydrogens (tertiary/aromatic N) is 1. The molecule has 0 saturated heterocycles. The van der Waals surface area contributed by atoms with Crippen molar-refractivity contribution in [1.29, 1.82) is 0 Å². The third-order valence-electron chi connectivity index (χ3n) is 5.16. The normalized spacial score (nSPS) is 14.1. The zero-order valence-corrected chi connectivity index (χ0v) is 17.9. The molecule has 0 saturated carbocycles. The number of hydrogen-bond acceptors (Lipinski definition) is 3. The molecular weight excluding hydrogens is 403 g/mol. The van der Waals surface area contributed by atoms with Gasteiger partial charge in [0.2, 0.25) is 5.91 Å². The molecule has 160 valence electrons. The van der Waals surface area contributed by atoms with Crippen molar-refractivity contribution in [2.75, 3.05) is 17.4 Å². The van der Waals surface area contributed by atoms with Gasteiger partial charge in [-0.15, -0.1) is 0 Å². The fourth-order valence-corrected chi connectivity index (χ4v) is 4.86. The Kier molecular flexibility index (Phi) is 7.26. The highest BCUT2D eigenvalue weighted by Crippen LogP contribution is 2.24. The molecule has 2 aromatic carbocycles. The van der Waals surface area contributed by atoms with E-state index in [1.807, 2.05) is 6.92 Å². The Morgan fingerprint density at radius 2 is 1.77 bits per heavy atom. The molecule has 0 radical (unpaired) electrons. The molecule has 5 nitrogen and oxygen atoms in total. The van der Waals surface area contributed by atoms with Gasteiger partial charge in [-0.25, -0.2) is 12.8 Å². The minimum absolute atomic E-state index is 0.0652. The van der Waals surface area contributed by atoms with Gasteiger partial charge in [0.15, 0.2) is 0 Å². The third kappa shape index (κ3) is 5.69. The first kappa shape index (κ1) is 22.0. The smallest absolute Gasteiger partial charge is 0.264 e. The van der Waals surface area contributed by atoms with Crippen LogP contribution >= 0.6 is 0 Å². The van der Waals surface area contributed by atoms with E-state index < -0.39 is 15.8 Å². The lowest BCUT2D eigenvalue weighted by Gasteiger charge is -2.24. The van der Waals surface area contributed by atoms with Gasteiger partial charge in [-0.1, -0.05) is 29.3 Å². The Morgan fingerprint density at radius 3 is 2.40 bits per heavy atom. The number of amides is 1. The van der Waals surface area contributed by atoms with Crippen molar-refractivity contribution < 1.29 is 17.6 Å². The number of rotatable bonds is 8. The van der Waals surface area contributed by atoms with Crippen LogP contribution in [0.1, 0.15) is 37.7 Å². The van der Waals surface area contributed by atoms with Crippen LogP contribution in [0.2, 0.25) is 0 Å². The van der Waals surface area contributed by atoms with Crippen molar-refractivity contribution in [3.8, 4) is 0 Å². The molecule has 2 aromatic rings. The van der Waals surface area contributed by atoms with E-state index in [1.165, 1.54) is 30.5 Å². The molecule has 30 heavy (non-hydrogen) atoms. The Labute approximate surface area is 177 Å². The average Bonchev–Trinajstić information content (AvgIpc) is 2.74. The molecule has 0 bridgehead atoms. The monoisotopic (exact) mass is 430 g/mol. The van der Waals surface area contributed by atoms with E-state index in [9.17, 15) is 17.6 Å². The number of allylic oxidation sites excluding steroid dienone is 1. The van der Waals surface area contributed by atoms with E-state index in [0.717, 1.165) is 41.3 Å². The lowest BCUT2D eigenvalue weighted by atomic mass is 9.97. The van der Waals surface area contributed by atoms with Crippen LogP contribution in [0.3, 0.4) is 0 Å². The maximum atomic E-state index is 13.3. The Balaban J connectivity index is 1.75. The quantitative estimate of drug-likeness (QED) is 0.634. The highest BCUT2D eigenvalue weighted by Gasteiger charge is 2.27. The molecule has 0 unspecified atom stereocenters. The number of sulfonamides is 1. The summed E-state index contributed by atoms with van der Waals surface area (Å²) in [6, 6.07) is 11.5. The van der Waals surface area contributed by atoms with Crippen molar-refractivity contribution in [2.45, 2.75) is 43.9 Å². The second-order valence-electron chi connectivity index (χ2n) is 7.51. The summed E-state index contributed by atoms with van der Waals surface area (Å²) in [5.41, 5.74) is 2.70. The van der Waals surface area contributed by atoms with Gasteiger partial charge in [0.05, 0.1) is 10.6 Å². The first-order valence-corrected chi connectivity index (χ1v) is 11.6. The Morgan fingerprint density at radius 1 is 1.07 bits per heavy atom. The highest BCUT2D eigenvalue weighted by atomic mass is 32.2. The number of anilines is 1. The third-order valence-corrected chi connectivity index (χ3v) is 6.95. The SMILES string of the molecule is Cc1ccc(N(CC(=O)NCCC2=CCCCC2)S(=O)(=O)c2ccc(F)cc2)cc1. The molecule has 0 atom stereocenters. The van der Waals surface area contributed by atoms with Crippen LogP contribution in [0, 0.1) is 12.7 Å². The Hall–Kier alpha value is -2.67. The largest absolute Gasteiger partial charge is 0.354 e. The van der Waals surface area contributed by atoms with Gasteiger partial charge >= 0.3 is 0 Å². The molecule has 1 aliphatic carbocycles.